The molecule has 3 nitrogen and oxygen atoms in total. The topological polar surface area (TPSA) is 37.8 Å². The zero-order valence-corrected chi connectivity index (χ0v) is 11.1. The molecule has 88 valence electrons. The van der Waals surface area contributed by atoms with Crippen LogP contribution in [0.15, 0.2) is 28.9 Å². The number of fused-ring (bicyclic) bond motifs is 1. The zero-order chi connectivity index (χ0) is 11.7. The van der Waals surface area contributed by atoms with Crippen LogP contribution in [0.1, 0.15) is 24.6 Å². The molecule has 1 N–H and O–H groups in total. The van der Waals surface area contributed by atoms with Crippen LogP contribution >= 0.6 is 15.9 Å². The lowest BCUT2D eigenvalue weighted by Gasteiger charge is -2.21. The van der Waals surface area contributed by atoms with Crippen molar-refractivity contribution < 1.29 is 0 Å². The molecular formula is C13H14BrN3. The van der Waals surface area contributed by atoms with E-state index in [4.69, 9.17) is 0 Å². The highest BCUT2D eigenvalue weighted by atomic mass is 79.9. The minimum Gasteiger partial charge on any atom is -0.316 e. The van der Waals surface area contributed by atoms with Gasteiger partial charge in [-0.1, -0.05) is 15.9 Å². The van der Waals surface area contributed by atoms with E-state index in [2.05, 4.69) is 37.3 Å². The van der Waals surface area contributed by atoms with Gasteiger partial charge in [0.1, 0.15) is 5.82 Å². The van der Waals surface area contributed by atoms with Gasteiger partial charge in [0, 0.05) is 28.5 Å². The third kappa shape index (κ3) is 2.33. The fourth-order valence-electron chi connectivity index (χ4n) is 2.29. The minimum atomic E-state index is 0.469. The molecule has 2 heterocycles. The summed E-state index contributed by atoms with van der Waals surface area (Å²) in [7, 11) is 0. The largest absolute Gasteiger partial charge is 0.316 e. The van der Waals surface area contributed by atoms with Crippen LogP contribution in [0.5, 0.6) is 0 Å². The lowest BCUT2D eigenvalue weighted by atomic mass is 9.99. The molecule has 1 aliphatic heterocycles. The van der Waals surface area contributed by atoms with E-state index in [1.54, 1.807) is 0 Å². The van der Waals surface area contributed by atoms with Crippen LogP contribution < -0.4 is 5.32 Å². The highest BCUT2D eigenvalue weighted by Gasteiger charge is 2.17. The number of piperidine rings is 1. The van der Waals surface area contributed by atoms with Crippen LogP contribution in [0.4, 0.5) is 0 Å². The van der Waals surface area contributed by atoms with Crippen LogP contribution in [0, 0.1) is 0 Å². The normalized spacial score (nSPS) is 20.6. The average molecular weight is 292 g/mol. The minimum absolute atomic E-state index is 0.469. The smallest absolute Gasteiger partial charge is 0.133 e. The van der Waals surface area contributed by atoms with E-state index in [1.807, 2.05) is 18.3 Å². The van der Waals surface area contributed by atoms with E-state index < -0.39 is 0 Å². The third-order valence-corrected chi connectivity index (χ3v) is 3.72. The van der Waals surface area contributed by atoms with E-state index in [0.29, 0.717) is 5.92 Å². The maximum Gasteiger partial charge on any atom is 0.133 e. The predicted octanol–water partition coefficient (Wildman–Crippen LogP) is 2.86. The van der Waals surface area contributed by atoms with Gasteiger partial charge in [0.25, 0.3) is 0 Å². The second kappa shape index (κ2) is 4.70. The van der Waals surface area contributed by atoms with Crippen LogP contribution in [0.2, 0.25) is 0 Å². The quantitative estimate of drug-likeness (QED) is 0.878. The number of halogens is 1. The third-order valence-electron chi connectivity index (χ3n) is 3.22. The summed E-state index contributed by atoms with van der Waals surface area (Å²) in [5, 5.41) is 4.49. The number of rotatable bonds is 1. The molecule has 1 aromatic carbocycles. The molecule has 1 saturated heterocycles. The Morgan fingerprint density at radius 3 is 3.12 bits per heavy atom. The molecular weight excluding hydrogens is 278 g/mol. The molecule has 2 aromatic rings. The van der Waals surface area contributed by atoms with Crippen LogP contribution in [0.25, 0.3) is 10.9 Å². The summed E-state index contributed by atoms with van der Waals surface area (Å²) in [6.07, 6.45) is 4.33. The van der Waals surface area contributed by atoms with Crippen molar-refractivity contribution in [3.63, 3.8) is 0 Å². The van der Waals surface area contributed by atoms with Gasteiger partial charge in [-0.2, -0.15) is 0 Å². The average Bonchev–Trinajstić information content (AvgIpc) is 2.39. The van der Waals surface area contributed by atoms with Crippen molar-refractivity contribution in [3.05, 3.63) is 34.7 Å². The Kier molecular flexibility index (Phi) is 3.07. The van der Waals surface area contributed by atoms with Gasteiger partial charge >= 0.3 is 0 Å². The first kappa shape index (κ1) is 11.1. The summed E-state index contributed by atoms with van der Waals surface area (Å²) in [4.78, 5) is 9.17. The molecule has 1 fully saturated rings. The number of nitrogens with one attached hydrogen (secondary N) is 1. The molecule has 17 heavy (non-hydrogen) atoms. The molecule has 1 unspecified atom stereocenters. The highest BCUT2D eigenvalue weighted by molar-refractivity contribution is 9.10. The summed E-state index contributed by atoms with van der Waals surface area (Å²) < 4.78 is 1.07. The Hall–Kier alpha value is -1.00. The number of hydrogen-bond acceptors (Lipinski definition) is 3. The van der Waals surface area contributed by atoms with E-state index >= 15 is 0 Å². The summed E-state index contributed by atoms with van der Waals surface area (Å²) in [6.45, 7) is 2.12. The van der Waals surface area contributed by atoms with Crippen molar-refractivity contribution in [1.29, 1.82) is 0 Å². The number of nitrogens with zero attached hydrogens (tertiary/aromatic N) is 2. The first-order chi connectivity index (χ1) is 8.33. The van der Waals surface area contributed by atoms with E-state index in [9.17, 15) is 0 Å². The molecule has 0 spiro atoms. The molecule has 0 saturated carbocycles. The first-order valence-corrected chi connectivity index (χ1v) is 6.75. The molecule has 1 aromatic heterocycles. The van der Waals surface area contributed by atoms with Gasteiger partial charge < -0.3 is 5.32 Å². The van der Waals surface area contributed by atoms with Crippen molar-refractivity contribution in [2.24, 2.45) is 0 Å². The SMILES string of the molecule is Brc1ccc2nc(C3CCCNC3)ncc2c1. The molecule has 1 aliphatic rings. The number of benzene rings is 1. The maximum absolute atomic E-state index is 4.67. The summed E-state index contributed by atoms with van der Waals surface area (Å²) in [5.41, 5.74) is 1.03. The van der Waals surface area contributed by atoms with Crippen molar-refractivity contribution in [2.45, 2.75) is 18.8 Å². The Bertz CT molecular complexity index is 535. The van der Waals surface area contributed by atoms with E-state index in [0.717, 1.165) is 34.3 Å². The van der Waals surface area contributed by atoms with Gasteiger partial charge in [0.05, 0.1) is 5.52 Å². The summed E-state index contributed by atoms with van der Waals surface area (Å²) in [5.74, 6) is 1.45. The molecule has 3 rings (SSSR count). The van der Waals surface area contributed by atoms with E-state index in [-0.39, 0.29) is 0 Å². The fourth-order valence-corrected chi connectivity index (χ4v) is 2.67. The van der Waals surface area contributed by atoms with Crippen molar-refractivity contribution >= 4 is 26.8 Å². The Labute approximate surface area is 109 Å². The van der Waals surface area contributed by atoms with Crippen molar-refractivity contribution in [2.75, 3.05) is 13.1 Å². The van der Waals surface area contributed by atoms with Crippen molar-refractivity contribution in [3.8, 4) is 0 Å². The van der Waals surface area contributed by atoms with Crippen LogP contribution in [-0.4, -0.2) is 23.1 Å². The Morgan fingerprint density at radius 1 is 1.35 bits per heavy atom. The highest BCUT2D eigenvalue weighted by Crippen LogP contribution is 2.23. The number of hydrogen-bond donors (Lipinski definition) is 1. The summed E-state index contributed by atoms with van der Waals surface area (Å²) in [6, 6.07) is 6.12. The molecule has 0 amide bonds. The van der Waals surface area contributed by atoms with Gasteiger partial charge in [-0.15, -0.1) is 0 Å². The monoisotopic (exact) mass is 291 g/mol. The van der Waals surface area contributed by atoms with Crippen LogP contribution in [-0.2, 0) is 0 Å². The lowest BCUT2D eigenvalue weighted by Crippen LogP contribution is -2.29. The van der Waals surface area contributed by atoms with Gasteiger partial charge in [-0.3, -0.25) is 0 Å². The fraction of sp³-hybridized carbons (Fsp3) is 0.385. The van der Waals surface area contributed by atoms with Crippen LogP contribution in [0.3, 0.4) is 0 Å². The first-order valence-electron chi connectivity index (χ1n) is 5.96. The van der Waals surface area contributed by atoms with Gasteiger partial charge in [-0.05, 0) is 37.6 Å². The molecule has 4 heteroatoms. The standard InChI is InChI=1S/C13H14BrN3/c14-11-3-4-12-10(6-11)8-16-13(17-12)9-2-1-5-15-7-9/h3-4,6,8-9,15H,1-2,5,7H2. The molecule has 1 atom stereocenters. The second-order valence-corrected chi connectivity index (χ2v) is 5.39. The predicted molar refractivity (Wildman–Crippen MR) is 72.1 cm³/mol. The maximum atomic E-state index is 4.67. The van der Waals surface area contributed by atoms with Gasteiger partial charge in [0.2, 0.25) is 0 Å². The number of aromatic nitrogens is 2. The molecule has 0 radical (unpaired) electrons. The van der Waals surface area contributed by atoms with Gasteiger partial charge in [-0.25, -0.2) is 9.97 Å². The molecule has 0 aliphatic carbocycles. The lowest BCUT2D eigenvalue weighted by molar-refractivity contribution is 0.447. The Balaban J connectivity index is 1.98. The van der Waals surface area contributed by atoms with Crippen molar-refractivity contribution in [1.82, 2.24) is 15.3 Å². The van der Waals surface area contributed by atoms with Gasteiger partial charge in [0.15, 0.2) is 0 Å². The van der Waals surface area contributed by atoms with E-state index in [1.165, 1.54) is 12.8 Å². The summed E-state index contributed by atoms with van der Waals surface area (Å²) >= 11 is 3.46. The zero-order valence-electron chi connectivity index (χ0n) is 9.49. The Morgan fingerprint density at radius 2 is 2.29 bits per heavy atom. The molecule has 0 bridgehead atoms. The second-order valence-electron chi connectivity index (χ2n) is 4.47.